The molecule has 0 bridgehead atoms. The lowest BCUT2D eigenvalue weighted by molar-refractivity contribution is -0.140. The number of para-hydroxylation sites is 1. The van der Waals surface area contributed by atoms with Crippen molar-refractivity contribution in [3.63, 3.8) is 0 Å². The molecule has 2 aliphatic heterocycles. The van der Waals surface area contributed by atoms with E-state index < -0.39 is 11.9 Å². The van der Waals surface area contributed by atoms with Crippen LogP contribution in [0.25, 0.3) is 0 Å². The molecule has 4 N–H and O–H groups in total. The van der Waals surface area contributed by atoms with Crippen molar-refractivity contribution >= 4 is 11.7 Å². The van der Waals surface area contributed by atoms with Crippen molar-refractivity contribution in [1.29, 1.82) is 0 Å². The minimum atomic E-state index is -0.818. The zero-order chi connectivity index (χ0) is 12.7. The Balaban J connectivity index is 2.10. The van der Waals surface area contributed by atoms with Gasteiger partial charge in [0, 0.05) is 18.5 Å². The predicted molar refractivity (Wildman–Crippen MR) is 66.9 cm³/mol. The molecule has 0 radical (unpaired) electrons. The highest BCUT2D eigenvalue weighted by molar-refractivity contribution is 5.82. The van der Waals surface area contributed by atoms with Gasteiger partial charge in [-0.15, -0.1) is 0 Å². The van der Waals surface area contributed by atoms with Gasteiger partial charge >= 0.3 is 5.97 Å². The summed E-state index contributed by atoms with van der Waals surface area (Å²) in [5.74, 6) is -1.20. The lowest BCUT2D eigenvalue weighted by Gasteiger charge is -2.42. The van der Waals surface area contributed by atoms with Crippen molar-refractivity contribution < 1.29 is 15.0 Å². The first kappa shape index (κ1) is 11.3. The van der Waals surface area contributed by atoms with Crippen LogP contribution < -0.4 is 10.6 Å². The number of carboxylic acid groups (broad SMARTS) is 1. The molecule has 3 rings (SSSR count). The summed E-state index contributed by atoms with van der Waals surface area (Å²) in [4.78, 5) is 11.5. The molecule has 0 aromatic heterocycles. The molecule has 1 saturated heterocycles. The predicted octanol–water partition coefficient (Wildman–Crippen LogP) is 0.964. The Bertz CT molecular complexity index is 489. The number of nitrogens with one attached hydrogen (secondary N) is 2. The van der Waals surface area contributed by atoms with Gasteiger partial charge < -0.3 is 20.8 Å². The quantitative estimate of drug-likeness (QED) is 0.557. The van der Waals surface area contributed by atoms with Crippen LogP contribution >= 0.6 is 0 Å². The molecule has 1 aromatic rings. The van der Waals surface area contributed by atoms with Gasteiger partial charge in [0.1, 0.15) is 5.75 Å². The summed E-state index contributed by atoms with van der Waals surface area (Å²) in [7, 11) is 0. The van der Waals surface area contributed by atoms with E-state index in [1.54, 1.807) is 18.2 Å². The van der Waals surface area contributed by atoms with E-state index in [2.05, 4.69) is 10.6 Å². The summed E-state index contributed by atoms with van der Waals surface area (Å²) in [6, 6.07) is 5.19. The lowest BCUT2D eigenvalue weighted by Crippen LogP contribution is -2.50. The van der Waals surface area contributed by atoms with E-state index in [1.165, 1.54) is 0 Å². The van der Waals surface area contributed by atoms with Crippen molar-refractivity contribution in [3.8, 4) is 5.75 Å². The fourth-order valence-electron chi connectivity index (χ4n) is 3.12. The standard InChI is InChI=1S/C13H16N2O3/c16-10-3-1-2-7-11(13(17)18)8-6-14-5-4-9(8)15-12(7)10/h1-3,8-9,11,14-16H,4-6H2,(H,17,18). The van der Waals surface area contributed by atoms with Crippen molar-refractivity contribution in [3.05, 3.63) is 23.8 Å². The molecule has 96 valence electrons. The lowest BCUT2D eigenvalue weighted by atomic mass is 9.75. The van der Waals surface area contributed by atoms with E-state index in [0.29, 0.717) is 17.8 Å². The summed E-state index contributed by atoms with van der Waals surface area (Å²) in [5.41, 5.74) is 1.28. The molecule has 2 aliphatic rings. The third-order valence-electron chi connectivity index (χ3n) is 3.96. The molecule has 1 fully saturated rings. The Morgan fingerprint density at radius 1 is 1.39 bits per heavy atom. The van der Waals surface area contributed by atoms with Crippen molar-refractivity contribution in [2.45, 2.75) is 18.4 Å². The van der Waals surface area contributed by atoms with E-state index in [1.807, 2.05) is 0 Å². The summed E-state index contributed by atoms with van der Waals surface area (Å²) in [6.45, 7) is 1.58. The monoisotopic (exact) mass is 248 g/mol. The Kier molecular flexibility index (Phi) is 2.63. The molecule has 1 aromatic carbocycles. The molecular formula is C13H16N2O3. The van der Waals surface area contributed by atoms with E-state index >= 15 is 0 Å². The Hall–Kier alpha value is -1.75. The number of fused-ring (bicyclic) bond motifs is 2. The van der Waals surface area contributed by atoms with Crippen LogP contribution in [0, 0.1) is 5.92 Å². The summed E-state index contributed by atoms with van der Waals surface area (Å²) < 4.78 is 0. The number of phenols is 1. The molecule has 3 atom stereocenters. The number of benzene rings is 1. The van der Waals surface area contributed by atoms with Crippen LogP contribution in [0.1, 0.15) is 17.9 Å². The summed E-state index contributed by atoms with van der Waals surface area (Å²) in [5, 5.41) is 25.9. The van der Waals surface area contributed by atoms with Crippen LogP contribution in [0.15, 0.2) is 18.2 Å². The van der Waals surface area contributed by atoms with Gasteiger partial charge in [-0.1, -0.05) is 12.1 Å². The third kappa shape index (κ3) is 1.62. The van der Waals surface area contributed by atoms with Gasteiger partial charge in [0.05, 0.1) is 11.6 Å². The largest absolute Gasteiger partial charge is 0.506 e. The molecule has 5 heteroatoms. The van der Waals surface area contributed by atoms with Gasteiger partial charge in [-0.05, 0) is 24.6 Å². The van der Waals surface area contributed by atoms with Crippen LogP contribution in [0.2, 0.25) is 0 Å². The van der Waals surface area contributed by atoms with Gasteiger partial charge in [-0.25, -0.2) is 0 Å². The van der Waals surface area contributed by atoms with Crippen LogP contribution in [0.4, 0.5) is 5.69 Å². The number of piperidine rings is 1. The molecule has 0 amide bonds. The molecule has 0 saturated carbocycles. The number of hydrogen-bond donors (Lipinski definition) is 4. The highest BCUT2D eigenvalue weighted by Crippen LogP contribution is 2.43. The van der Waals surface area contributed by atoms with Crippen LogP contribution in [-0.4, -0.2) is 35.3 Å². The van der Waals surface area contributed by atoms with Gasteiger partial charge in [0.25, 0.3) is 0 Å². The first-order chi connectivity index (χ1) is 8.68. The number of aromatic hydroxyl groups is 1. The summed E-state index contributed by atoms with van der Waals surface area (Å²) in [6.07, 6.45) is 0.877. The van der Waals surface area contributed by atoms with Crippen LogP contribution in [-0.2, 0) is 4.79 Å². The minimum Gasteiger partial charge on any atom is -0.506 e. The number of carboxylic acids is 1. The molecule has 5 nitrogen and oxygen atoms in total. The SMILES string of the molecule is O=C(O)C1c2cccc(O)c2NC2CCNCC21. The first-order valence-corrected chi connectivity index (χ1v) is 6.20. The van der Waals surface area contributed by atoms with Crippen molar-refractivity contribution in [1.82, 2.24) is 5.32 Å². The number of aliphatic carboxylic acids is 1. The topological polar surface area (TPSA) is 81.6 Å². The van der Waals surface area contributed by atoms with Crippen molar-refractivity contribution in [2.75, 3.05) is 18.4 Å². The van der Waals surface area contributed by atoms with Crippen molar-refractivity contribution in [2.24, 2.45) is 5.92 Å². The molecule has 0 aliphatic carbocycles. The maximum absolute atomic E-state index is 11.5. The smallest absolute Gasteiger partial charge is 0.311 e. The second-order valence-electron chi connectivity index (χ2n) is 4.96. The minimum absolute atomic E-state index is 0.0329. The molecular weight excluding hydrogens is 232 g/mol. The number of carbonyl (C=O) groups is 1. The van der Waals surface area contributed by atoms with Crippen LogP contribution in [0.3, 0.4) is 0 Å². The number of hydrogen-bond acceptors (Lipinski definition) is 4. The Morgan fingerprint density at radius 3 is 3.00 bits per heavy atom. The van der Waals surface area contributed by atoms with Crippen LogP contribution in [0.5, 0.6) is 5.75 Å². The normalized spacial score (nSPS) is 29.9. The van der Waals surface area contributed by atoms with Gasteiger partial charge in [0.15, 0.2) is 0 Å². The van der Waals surface area contributed by atoms with Gasteiger partial charge in [0.2, 0.25) is 0 Å². The zero-order valence-corrected chi connectivity index (χ0v) is 9.89. The summed E-state index contributed by atoms with van der Waals surface area (Å²) >= 11 is 0. The second-order valence-corrected chi connectivity index (χ2v) is 4.96. The number of rotatable bonds is 1. The van der Waals surface area contributed by atoms with Gasteiger partial charge in [-0.3, -0.25) is 4.79 Å². The Labute approximate surface area is 105 Å². The highest BCUT2D eigenvalue weighted by atomic mass is 16.4. The number of anilines is 1. The Morgan fingerprint density at radius 2 is 2.22 bits per heavy atom. The van der Waals surface area contributed by atoms with E-state index in [4.69, 9.17) is 0 Å². The van der Waals surface area contributed by atoms with E-state index in [9.17, 15) is 15.0 Å². The molecule has 18 heavy (non-hydrogen) atoms. The fourth-order valence-corrected chi connectivity index (χ4v) is 3.12. The average Bonchev–Trinajstić information content (AvgIpc) is 2.36. The van der Waals surface area contributed by atoms with E-state index in [-0.39, 0.29) is 17.7 Å². The molecule has 0 spiro atoms. The maximum atomic E-state index is 11.5. The third-order valence-corrected chi connectivity index (χ3v) is 3.96. The average molecular weight is 248 g/mol. The second kappa shape index (κ2) is 4.17. The number of phenolic OH excluding ortho intramolecular Hbond substituents is 1. The van der Waals surface area contributed by atoms with E-state index in [0.717, 1.165) is 13.0 Å². The zero-order valence-electron chi connectivity index (χ0n) is 9.89. The first-order valence-electron chi connectivity index (χ1n) is 6.20. The highest BCUT2D eigenvalue weighted by Gasteiger charge is 2.42. The molecule has 3 unspecified atom stereocenters. The fraction of sp³-hybridized carbons (Fsp3) is 0.462. The molecule has 2 heterocycles. The van der Waals surface area contributed by atoms with Gasteiger partial charge in [-0.2, -0.15) is 0 Å². The maximum Gasteiger partial charge on any atom is 0.311 e.